The Morgan fingerprint density at radius 3 is 2.88 bits per heavy atom. The zero-order chi connectivity index (χ0) is 17.6. The number of hydrogen-bond acceptors (Lipinski definition) is 3. The first-order valence-electron chi connectivity index (χ1n) is 9.94. The van der Waals surface area contributed by atoms with Crippen LogP contribution in [0.15, 0.2) is 48.5 Å². The molecule has 2 bridgehead atoms. The van der Waals surface area contributed by atoms with E-state index in [1.54, 1.807) is 7.11 Å². The Balaban J connectivity index is 1.47. The Morgan fingerprint density at radius 1 is 1.15 bits per heavy atom. The Morgan fingerprint density at radius 2 is 2.04 bits per heavy atom. The van der Waals surface area contributed by atoms with Crippen LogP contribution in [0.2, 0.25) is 0 Å². The molecule has 1 saturated carbocycles. The van der Waals surface area contributed by atoms with Crippen LogP contribution in [0.1, 0.15) is 43.2 Å². The van der Waals surface area contributed by atoms with Crippen molar-refractivity contribution in [2.45, 2.75) is 62.1 Å². The van der Waals surface area contributed by atoms with Crippen molar-refractivity contribution >= 4 is 0 Å². The Bertz CT molecular complexity index is 790. The fraction of sp³-hybridized carbons (Fsp3) is 0.478. The molecule has 3 heteroatoms. The van der Waals surface area contributed by atoms with Gasteiger partial charge >= 0.3 is 0 Å². The quantitative estimate of drug-likeness (QED) is 0.895. The molecule has 2 fully saturated rings. The van der Waals surface area contributed by atoms with Gasteiger partial charge in [0.1, 0.15) is 6.10 Å². The minimum absolute atomic E-state index is 0.166. The summed E-state index contributed by atoms with van der Waals surface area (Å²) in [5, 5.41) is 3.93. The van der Waals surface area contributed by atoms with Gasteiger partial charge in [0.25, 0.3) is 0 Å². The molecule has 2 heterocycles. The molecular weight excluding hydrogens is 322 g/mol. The first-order valence-corrected chi connectivity index (χ1v) is 9.94. The lowest BCUT2D eigenvalue weighted by Gasteiger charge is -2.50. The van der Waals surface area contributed by atoms with Crippen LogP contribution in [0.5, 0.6) is 11.5 Å². The van der Waals surface area contributed by atoms with E-state index < -0.39 is 0 Å². The second kappa shape index (κ2) is 6.31. The zero-order valence-corrected chi connectivity index (χ0v) is 15.4. The van der Waals surface area contributed by atoms with Crippen molar-refractivity contribution in [2.75, 3.05) is 7.11 Å². The van der Waals surface area contributed by atoms with Gasteiger partial charge in [0, 0.05) is 23.1 Å². The molecule has 136 valence electrons. The Hall–Kier alpha value is -2.00. The van der Waals surface area contributed by atoms with Crippen LogP contribution in [0.25, 0.3) is 0 Å². The minimum Gasteiger partial charge on any atom is -0.493 e. The molecule has 1 N–H and O–H groups in total. The largest absolute Gasteiger partial charge is 0.493 e. The number of piperidine rings is 1. The number of hydrogen-bond donors (Lipinski definition) is 1. The van der Waals surface area contributed by atoms with E-state index in [9.17, 15) is 0 Å². The lowest BCUT2D eigenvalue weighted by Crippen LogP contribution is -2.63. The molecule has 5 rings (SSSR count). The maximum absolute atomic E-state index is 6.62. The average molecular weight is 349 g/mol. The number of rotatable bonds is 4. The van der Waals surface area contributed by atoms with Crippen molar-refractivity contribution in [1.82, 2.24) is 5.32 Å². The summed E-state index contributed by atoms with van der Waals surface area (Å²) in [7, 11) is 1.74. The van der Waals surface area contributed by atoms with Crippen molar-refractivity contribution < 1.29 is 9.47 Å². The standard InChI is InChI=1S/C23H27NO2/c1-25-20-11-5-10-18-21(20)26-22-19(13-12-16-7-3-2-4-8-16)24-17-9-6-14-23(18,22)15-17/h2-5,7-8,10-11,17,19,22,24H,6,9,12-15H2,1H3/t17-,19?,22-,23+/m0/s1. The molecule has 2 aromatic rings. The van der Waals surface area contributed by atoms with Crippen molar-refractivity contribution in [1.29, 1.82) is 0 Å². The molecule has 1 saturated heterocycles. The Labute approximate surface area is 155 Å². The number of benzene rings is 2. The summed E-state index contributed by atoms with van der Waals surface area (Å²) in [5.41, 5.74) is 2.96. The van der Waals surface area contributed by atoms with E-state index in [0.29, 0.717) is 12.1 Å². The molecule has 0 aromatic heterocycles. The highest BCUT2D eigenvalue weighted by atomic mass is 16.5. The SMILES string of the molecule is COc1cccc2c1O[C@H]1C(CCc3ccccc3)N[C@H]3CCC[C@@]21C3. The predicted octanol–water partition coefficient (Wildman–Crippen LogP) is 4.24. The van der Waals surface area contributed by atoms with Crippen LogP contribution >= 0.6 is 0 Å². The number of ether oxygens (including phenoxy) is 2. The summed E-state index contributed by atoms with van der Waals surface area (Å²) in [6.07, 6.45) is 7.42. The maximum atomic E-state index is 6.62. The van der Waals surface area contributed by atoms with Crippen LogP contribution < -0.4 is 14.8 Å². The van der Waals surface area contributed by atoms with Crippen molar-refractivity contribution in [3.63, 3.8) is 0 Å². The van der Waals surface area contributed by atoms with Crippen LogP contribution in [0, 0.1) is 0 Å². The molecule has 3 aliphatic rings. The topological polar surface area (TPSA) is 30.5 Å². The monoisotopic (exact) mass is 349 g/mol. The fourth-order valence-electron chi connectivity index (χ4n) is 5.60. The number of aryl methyl sites for hydroxylation is 1. The Kier molecular flexibility index (Phi) is 3.93. The summed E-state index contributed by atoms with van der Waals surface area (Å²) in [4.78, 5) is 0. The first kappa shape index (κ1) is 16.2. The van der Waals surface area contributed by atoms with Gasteiger partial charge in [-0.2, -0.15) is 0 Å². The van der Waals surface area contributed by atoms with E-state index in [1.807, 2.05) is 6.07 Å². The highest BCUT2D eigenvalue weighted by Crippen LogP contribution is 2.57. The maximum Gasteiger partial charge on any atom is 0.165 e. The van der Waals surface area contributed by atoms with Crippen molar-refractivity contribution in [3.8, 4) is 11.5 Å². The van der Waals surface area contributed by atoms with Crippen LogP contribution in [-0.4, -0.2) is 25.3 Å². The third-order valence-electron chi connectivity index (χ3n) is 6.71. The second-order valence-electron chi connectivity index (χ2n) is 8.12. The van der Waals surface area contributed by atoms with Crippen LogP contribution in [0.4, 0.5) is 0 Å². The van der Waals surface area contributed by atoms with Gasteiger partial charge in [0.2, 0.25) is 0 Å². The number of para-hydroxylation sites is 1. The molecular formula is C23H27NO2. The average Bonchev–Trinajstić information content (AvgIpc) is 3.00. The molecule has 1 unspecified atom stereocenters. The van der Waals surface area contributed by atoms with Gasteiger partial charge in [0.05, 0.1) is 7.11 Å². The number of fused-ring (bicyclic) bond motifs is 2. The van der Waals surface area contributed by atoms with Gasteiger partial charge in [-0.25, -0.2) is 0 Å². The zero-order valence-electron chi connectivity index (χ0n) is 15.4. The first-order chi connectivity index (χ1) is 12.8. The molecule has 2 aliphatic heterocycles. The highest BCUT2D eigenvalue weighted by molar-refractivity contribution is 5.55. The second-order valence-corrected chi connectivity index (χ2v) is 8.12. The lowest BCUT2D eigenvalue weighted by atomic mass is 9.61. The molecule has 3 nitrogen and oxygen atoms in total. The molecule has 0 radical (unpaired) electrons. The molecule has 0 amide bonds. The number of nitrogens with one attached hydrogen (secondary N) is 1. The van der Waals surface area contributed by atoms with Gasteiger partial charge in [-0.3, -0.25) is 0 Å². The van der Waals surface area contributed by atoms with Gasteiger partial charge in [-0.15, -0.1) is 0 Å². The smallest absolute Gasteiger partial charge is 0.165 e. The summed E-state index contributed by atoms with van der Waals surface area (Å²) >= 11 is 0. The third kappa shape index (κ3) is 2.44. The lowest BCUT2D eigenvalue weighted by molar-refractivity contribution is 0.0196. The highest BCUT2D eigenvalue weighted by Gasteiger charge is 2.57. The predicted molar refractivity (Wildman–Crippen MR) is 103 cm³/mol. The van der Waals surface area contributed by atoms with Gasteiger partial charge < -0.3 is 14.8 Å². The molecule has 26 heavy (non-hydrogen) atoms. The molecule has 1 spiro atoms. The van der Waals surface area contributed by atoms with Gasteiger partial charge in [0.15, 0.2) is 11.5 Å². The third-order valence-corrected chi connectivity index (χ3v) is 6.71. The van der Waals surface area contributed by atoms with E-state index in [0.717, 1.165) is 24.3 Å². The van der Waals surface area contributed by atoms with Crippen molar-refractivity contribution in [2.24, 2.45) is 0 Å². The summed E-state index contributed by atoms with van der Waals surface area (Å²) in [6.45, 7) is 0. The van der Waals surface area contributed by atoms with E-state index in [4.69, 9.17) is 9.47 Å². The number of methoxy groups -OCH3 is 1. The van der Waals surface area contributed by atoms with Gasteiger partial charge in [-0.1, -0.05) is 48.9 Å². The normalized spacial score (nSPS) is 31.7. The summed E-state index contributed by atoms with van der Waals surface area (Å²) in [6, 6.07) is 18.2. The van der Waals surface area contributed by atoms with E-state index in [2.05, 4.69) is 47.8 Å². The molecule has 2 aromatic carbocycles. The van der Waals surface area contributed by atoms with E-state index in [-0.39, 0.29) is 11.5 Å². The van der Waals surface area contributed by atoms with Crippen LogP contribution in [0.3, 0.4) is 0 Å². The summed E-state index contributed by atoms with van der Waals surface area (Å²) in [5.74, 6) is 1.88. The fourth-order valence-corrected chi connectivity index (χ4v) is 5.60. The summed E-state index contributed by atoms with van der Waals surface area (Å²) < 4.78 is 12.2. The molecule has 1 aliphatic carbocycles. The molecule has 4 atom stereocenters. The van der Waals surface area contributed by atoms with E-state index >= 15 is 0 Å². The van der Waals surface area contributed by atoms with Gasteiger partial charge in [-0.05, 0) is 43.7 Å². The van der Waals surface area contributed by atoms with E-state index in [1.165, 1.54) is 36.8 Å². The minimum atomic E-state index is 0.166. The van der Waals surface area contributed by atoms with Crippen molar-refractivity contribution in [3.05, 3.63) is 59.7 Å². The van der Waals surface area contributed by atoms with Crippen LogP contribution in [-0.2, 0) is 11.8 Å².